The Balaban J connectivity index is 2.05. The van der Waals surface area contributed by atoms with Gasteiger partial charge in [0.25, 0.3) is 5.91 Å². The zero-order valence-corrected chi connectivity index (χ0v) is 17.2. The van der Waals surface area contributed by atoms with Crippen molar-refractivity contribution in [2.75, 3.05) is 19.5 Å². The Morgan fingerprint density at radius 3 is 2.71 bits per heavy atom. The van der Waals surface area contributed by atoms with Crippen molar-refractivity contribution in [2.24, 2.45) is 0 Å². The molecule has 0 fully saturated rings. The monoisotopic (exact) mass is 435 g/mol. The number of hydrogen-bond acceptors (Lipinski definition) is 5. The number of halogens is 3. The molecule has 0 spiro atoms. The van der Waals surface area contributed by atoms with Crippen LogP contribution in [0.25, 0.3) is 11.0 Å². The molecule has 31 heavy (non-hydrogen) atoms. The van der Waals surface area contributed by atoms with Crippen molar-refractivity contribution in [3.8, 4) is 0 Å². The second kappa shape index (κ2) is 9.34. The van der Waals surface area contributed by atoms with Gasteiger partial charge in [0.2, 0.25) is 0 Å². The number of nitrogens with two attached hydrogens (primary N) is 1. The molecule has 166 valence electrons. The normalized spacial score (nSPS) is 12.8. The third-order valence-electron chi connectivity index (χ3n) is 4.82. The summed E-state index contributed by atoms with van der Waals surface area (Å²) in [6.07, 6.45) is -2.24. The highest BCUT2D eigenvalue weighted by Crippen LogP contribution is 2.33. The third-order valence-corrected chi connectivity index (χ3v) is 4.82. The number of anilines is 1. The van der Waals surface area contributed by atoms with Crippen molar-refractivity contribution < 1.29 is 22.7 Å². The standard InChI is InChI=1S/C21H24F3N5O2/c1-3-17-27-16-12-13(25)11-14(18(16)29(17)9-6-10-31-2)20(30)28-19(21(22,23)24)15-7-4-5-8-26-15/h4-5,7-8,11-12,19H,3,6,9-10,25H2,1-2H3,(H,28,30). The maximum atomic E-state index is 13.7. The average Bonchev–Trinajstić information content (AvgIpc) is 3.08. The quantitative estimate of drug-likeness (QED) is 0.416. The van der Waals surface area contributed by atoms with E-state index in [1.54, 1.807) is 13.2 Å². The van der Waals surface area contributed by atoms with Crippen molar-refractivity contribution in [3.05, 3.63) is 53.6 Å². The number of hydrogen-bond donors (Lipinski definition) is 2. The number of methoxy groups -OCH3 is 1. The van der Waals surface area contributed by atoms with E-state index in [-0.39, 0.29) is 16.9 Å². The minimum atomic E-state index is -4.73. The first-order valence-corrected chi connectivity index (χ1v) is 9.82. The van der Waals surface area contributed by atoms with Gasteiger partial charge in [-0.2, -0.15) is 13.2 Å². The van der Waals surface area contributed by atoms with Crippen LogP contribution in [0.1, 0.15) is 41.3 Å². The highest BCUT2D eigenvalue weighted by molar-refractivity contribution is 6.06. The number of carbonyl (C=O) groups excluding carboxylic acids is 1. The Bertz CT molecular complexity index is 1050. The van der Waals surface area contributed by atoms with E-state index in [2.05, 4.69) is 15.3 Å². The van der Waals surface area contributed by atoms with Crippen LogP contribution in [0.5, 0.6) is 0 Å². The number of fused-ring (bicyclic) bond motifs is 1. The highest BCUT2D eigenvalue weighted by atomic mass is 19.4. The average molecular weight is 435 g/mol. The Morgan fingerprint density at radius 2 is 2.10 bits per heavy atom. The van der Waals surface area contributed by atoms with Gasteiger partial charge in [0.05, 0.1) is 22.3 Å². The predicted molar refractivity (Wildman–Crippen MR) is 111 cm³/mol. The van der Waals surface area contributed by atoms with E-state index in [0.717, 1.165) is 0 Å². The Labute approximate surface area is 177 Å². The van der Waals surface area contributed by atoms with Gasteiger partial charge in [-0.15, -0.1) is 0 Å². The highest BCUT2D eigenvalue weighted by Gasteiger charge is 2.43. The fourth-order valence-corrected chi connectivity index (χ4v) is 3.47. The number of ether oxygens (including phenoxy) is 1. The second-order valence-corrected chi connectivity index (χ2v) is 7.02. The van der Waals surface area contributed by atoms with E-state index < -0.39 is 18.1 Å². The van der Waals surface area contributed by atoms with Crippen LogP contribution >= 0.6 is 0 Å². The summed E-state index contributed by atoms with van der Waals surface area (Å²) >= 11 is 0. The van der Waals surface area contributed by atoms with Crippen molar-refractivity contribution >= 4 is 22.6 Å². The summed E-state index contributed by atoms with van der Waals surface area (Å²) in [6.45, 7) is 2.91. The summed E-state index contributed by atoms with van der Waals surface area (Å²) in [7, 11) is 1.58. The zero-order chi connectivity index (χ0) is 22.6. The lowest BCUT2D eigenvalue weighted by Crippen LogP contribution is -2.38. The largest absolute Gasteiger partial charge is 0.414 e. The second-order valence-electron chi connectivity index (χ2n) is 7.02. The summed E-state index contributed by atoms with van der Waals surface area (Å²) in [5.41, 5.74) is 6.81. The van der Waals surface area contributed by atoms with Crippen LogP contribution in [-0.2, 0) is 17.7 Å². The number of nitrogen functional groups attached to an aromatic ring is 1. The first-order chi connectivity index (χ1) is 14.8. The molecule has 2 aromatic heterocycles. The minimum absolute atomic E-state index is 0.0322. The van der Waals surface area contributed by atoms with Gasteiger partial charge in [0.1, 0.15) is 5.82 Å². The van der Waals surface area contributed by atoms with Crippen LogP contribution in [0.15, 0.2) is 36.5 Å². The molecule has 0 bridgehead atoms. The summed E-state index contributed by atoms with van der Waals surface area (Å²) in [5.74, 6) is -0.191. The fraction of sp³-hybridized carbons (Fsp3) is 0.381. The molecule has 0 aliphatic rings. The van der Waals surface area contributed by atoms with Crippen molar-refractivity contribution in [3.63, 3.8) is 0 Å². The van der Waals surface area contributed by atoms with Crippen molar-refractivity contribution in [1.29, 1.82) is 0 Å². The molecule has 3 aromatic rings. The molecule has 7 nitrogen and oxygen atoms in total. The van der Waals surface area contributed by atoms with E-state index in [1.165, 1.54) is 30.5 Å². The number of amides is 1. The number of pyridine rings is 1. The maximum Gasteiger partial charge on any atom is 0.414 e. The van der Waals surface area contributed by atoms with Gasteiger partial charge in [-0.1, -0.05) is 13.0 Å². The molecule has 2 heterocycles. The number of benzene rings is 1. The lowest BCUT2D eigenvalue weighted by atomic mass is 10.1. The van der Waals surface area contributed by atoms with Gasteiger partial charge >= 0.3 is 6.18 Å². The van der Waals surface area contributed by atoms with Crippen LogP contribution in [0, 0.1) is 0 Å². The Kier molecular flexibility index (Phi) is 6.79. The number of aromatic nitrogens is 3. The summed E-state index contributed by atoms with van der Waals surface area (Å²) in [6, 6.07) is 4.89. The van der Waals surface area contributed by atoms with Gasteiger partial charge in [0.15, 0.2) is 6.04 Å². The van der Waals surface area contributed by atoms with E-state index in [4.69, 9.17) is 10.5 Å². The van der Waals surface area contributed by atoms with Crippen LogP contribution in [0.4, 0.5) is 18.9 Å². The molecular formula is C21H24F3N5O2. The van der Waals surface area contributed by atoms with Crippen LogP contribution in [0.2, 0.25) is 0 Å². The molecule has 1 amide bonds. The van der Waals surface area contributed by atoms with Crippen LogP contribution in [-0.4, -0.2) is 40.3 Å². The first-order valence-electron chi connectivity index (χ1n) is 9.82. The smallest absolute Gasteiger partial charge is 0.399 e. The lowest BCUT2D eigenvalue weighted by Gasteiger charge is -2.21. The molecule has 1 atom stereocenters. The first kappa shape index (κ1) is 22.5. The van der Waals surface area contributed by atoms with Crippen LogP contribution in [0.3, 0.4) is 0 Å². The minimum Gasteiger partial charge on any atom is -0.399 e. The number of nitrogens with one attached hydrogen (secondary N) is 1. The molecule has 0 saturated heterocycles. The number of rotatable bonds is 8. The van der Waals surface area contributed by atoms with Gasteiger partial charge in [-0.3, -0.25) is 9.78 Å². The molecule has 10 heteroatoms. The number of nitrogens with zero attached hydrogens (tertiary/aromatic N) is 3. The topological polar surface area (TPSA) is 95.1 Å². The van der Waals surface area contributed by atoms with Crippen molar-refractivity contribution in [2.45, 2.75) is 38.5 Å². The lowest BCUT2D eigenvalue weighted by molar-refractivity contribution is -0.156. The molecule has 3 N–H and O–H groups in total. The molecule has 0 radical (unpaired) electrons. The van der Waals surface area contributed by atoms with Gasteiger partial charge in [-0.05, 0) is 30.7 Å². The number of alkyl halides is 3. The van der Waals surface area contributed by atoms with E-state index in [0.29, 0.717) is 42.9 Å². The molecule has 1 unspecified atom stereocenters. The third kappa shape index (κ3) is 4.96. The molecule has 3 rings (SSSR count). The summed E-state index contributed by atoms with van der Waals surface area (Å²) in [5, 5.41) is 2.08. The van der Waals surface area contributed by atoms with E-state index >= 15 is 0 Å². The van der Waals surface area contributed by atoms with Gasteiger partial charge < -0.3 is 20.4 Å². The summed E-state index contributed by atoms with van der Waals surface area (Å²) in [4.78, 5) is 21.4. The molecule has 1 aromatic carbocycles. The number of aryl methyl sites for hydroxylation is 2. The SMILES string of the molecule is CCc1nc2cc(N)cc(C(=O)NC(c3ccccn3)C(F)(F)F)c2n1CCCOC. The van der Waals surface area contributed by atoms with Gasteiger partial charge in [0, 0.05) is 38.6 Å². The Morgan fingerprint density at radius 1 is 1.32 bits per heavy atom. The molecule has 0 aliphatic heterocycles. The fourth-order valence-electron chi connectivity index (χ4n) is 3.47. The van der Waals surface area contributed by atoms with E-state index in [1.807, 2.05) is 11.5 Å². The Hall–Kier alpha value is -3.14. The molecule has 0 saturated carbocycles. The zero-order valence-electron chi connectivity index (χ0n) is 17.2. The van der Waals surface area contributed by atoms with Crippen LogP contribution < -0.4 is 11.1 Å². The molecule has 0 aliphatic carbocycles. The number of carbonyl (C=O) groups is 1. The molecular weight excluding hydrogens is 411 g/mol. The van der Waals surface area contributed by atoms with Gasteiger partial charge in [-0.25, -0.2) is 4.98 Å². The number of imidazole rings is 1. The summed E-state index contributed by atoms with van der Waals surface area (Å²) < 4.78 is 48.1. The van der Waals surface area contributed by atoms with E-state index in [9.17, 15) is 18.0 Å². The van der Waals surface area contributed by atoms with Crippen molar-refractivity contribution in [1.82, 2.24) is 19.9 Å². The maximum absolute atomic E-state index is 13.7. The predicted octanol–water partition coefficient (Wildman–Crippen LogP) is 3.65.